The molecule has 2 aliphatic rings. The Morgan fingerprint density at radius 1 is 1.38 bits per heavy atom. The molecule has 0 aromatic rings. The van der Waals surface area contributed by atoms with Crippen molar-refractivity contribution < 1.29 is 8.42 Å². The Labute approximate surface area is 79.6 Å². The summed E-state index contributed by atoms with van der Waals surface area (Å²) in [6.45, 7) is 3.95. The predicted molar refractivity (Wildman–Crippen MR) is 52.1 cm³/mol. The molecule has 1 heterocycles. The zero-order valence-electron chi connectivity index (χ0n) is 8.16. The van der Waals surface area contributed by atoms with Gasteiger partial charge in [-0.3, -0.25) is 0 Å². The van der Waals surface area contributed by atoms with Crippen molar-refractivity contribution in [2.45, 2.75) is 38.0 Å². The molecule has 3 nitrogen and oxygen atoms in total. The molecule has 0 unspecified atom stereocenters. The Bertz CT molecular complexity index is 321. The maximum Gasteiger partial charge on any atom is 0.154 e. The van der Waals surface area contributed by atoms with E-state index in [1.807, 2.05) is 13.8 Å². The molecule has 0 aromatic carbocycles. The van der Waals surface area contributed by atoms with Crippen LogP contribution in [0.5, 0.6) is 0 Å². The summed E-state index contributed by atoms with van der Waals surface area (Å²) >= 11 is 0. The molecule has 1 saturated carbocycles. The molecule has 13 heavy (non-hydrogen) atoms. The molecular formula is C9H17NO2S. The Hall–Kier alpha value is -0.0900. The smallest absolute Gasteiger partial charge is 0.154 e. The molecule has 2 N–H and O–H groups in total. The zero-order valence-corrected chi connectivity index (χ0v) is 8.97. The summed E-state index contributed by atoms with van der Waals surface area (Å²) in [7, 11) is -2.84. The fourth-order valence-corrected chi connectivity index (χ4v) is 5.81. The van der Waals surface area contributed by atoms with Crippen LogP contribution in [0.4, 0.5) is 0 Å². The van der Waals surface area contributed by atoms with E-state index in [1.165, 1.54) is 0 Å². The van der Waals surface area contributed by atoms with Gasteiger partial charge in [-0.15, -0.1) is 0 Å². The molecule has 1 saturated heterocycles. The Kier molecular flexibility index (Phi) is 1.81. The number of hydrogen-bond donors (Lipinski definition) is 1. The molecule has 0 bridgehead atoms. The highest BCUT2D eigenvalue weighted by Crippen LogP contribution is 2.52. The minimum absolute atomic E-state index is 0.0765. The van der Waals surface area contributed by atoms with Gasteiger partial charge in [-0.05, 0) is 24.2 Å². The molecule has 3 atom stereocenters. The van der Waals surface area contributed by atoms with Crippen molar-refractivity contribution in [1.82, 2.24) is 0 Å². The van der Waals surface area contributed by atoms with Crippen LogP contribution in [0.3, 0.4) is 0 Å². The highest BCUT2D eigenvalue weighted by atomic mass is 32.2. The van der Waals surface area contributed by atoms with Crippen molar-refractivity contribution in [2.75, 3.05) is 5.75 Å². The van der Waals surface area contributed by atoms with Gasteiger partial charge in [0.05, 0.1) is 11.0 Å². The van der Waals surface area contributed by atoms with Gasteiger partial charge in [-0.25, -0.2) is 8.42 Å². The summed E-state index contributed by atoms with van der Waals surface area (Å²) in [5.41, 5.74) is 5.76. The minimum Gasteiger partial charge on any atom is -0.327 e. The summed E-state index contributed by atoms with van der Waals surface area (Å²) in [6, 6.07) is 0.0765. The standard InChI is InChI=1S/C9H17NO2S/c1-9(2)7(10)6-4-3-5-13(11,12)8(6)9/h6-8H,3-5,10H2,1-2H3/t6-,7-,8-/m1/s1. The van der Waals surface area contributed by atoms with Crippen LogP contribution in [0.1, 0.15) is 26.7 Å². The second-order valence-corrected chi connectivity index (χ2v) is 7.18. The lowest BCUT2D eigenvalue weighted by Crippen LogP contribution is -2.69. The average Bonchev–Trinajstić information content (AvgIpc) is 2.01. The van der Waals surface area contributed by atoms with Crippen molar-refractivity contribution in [1.29, 1.82) is 0 Å². The van der Waals surface area contributed by atoms with Gasteiger partial charge in [0.25, 0.3) is 0 Å². The molecule has 0 radical (unpaired) electrons. The van der Waals surface area contributed by atoms with Crippen LogP contribution in [-0.4, -0.2) is 25.5 Å². The maximum atomic E-state index is 11.7. The van der Waals surface area contributed by atoms with Gasteiger partial charge >= 0.3 is 0 Å². The van der Waals surface area contributed by atoms with E-state index in [2.05, 4.69) is 0 Å². The summed E-state index contributed by atoms with van der Waals surface area (Å²) < 4.78 is 23.5. The average molecular weight is 203 g/mol. The highest BCUT2D eigenvalue weighted by Gasteiger charge is 2.61. The molecule has 4 heteroatoms. The van der Waals surface area contributed by atoms with Gasteiger partial charge in [0.1, 0.15) is 0 Å². The second-order valence-electron chi connectivity index (χ2n) is 4.94. The quantitative estimate of drug-likeness (QED) is 0.625. The van der Waals surface area contributed by atoms with E-state index in [1.54, 1.807) is 0 Å². The van der Waals surface area contributed by atoms with Crippen molar-refractivity contribution in [2.24, 2.45) is 17.1 Å². The van der Waals surface area contributed by atoms with Crippen LogP contribution < -0.4 is 5.73 Å². The lowest BCUT2D eigenvalue weighted by molar-refractivity contribution is 0.0506. The van der Waals surface area contributed by atoms with Gasteiger partial charge < -0.3 is 5.73 Å². The van der Waals surface area contributed by atoms with Crippen molar-refractivity contribution >= 4 is 9.84 Å². The Balaban J connectivity index is 2.35. The molecule has 1 aliphatic heterocycles. The molecule has 2 fully saturated rings. The van der Waals surface area contributed by atoms with Crippen LogP contribution in [0, 0.1) is 11.3 Å². The van der Waals surface area contributed by atoms with Gasteiger partial charge in [0.15, 0.2) is 9.84 Å². The Morgan fingerprint density at radius 3 is 2.54 bits per heavy atom. The molecule has 76 valence electrons. The topological polar surface area (TPSA) is 60.2 Å². The Morgan fingerprint density at radius 2 is 2.00 bits per heavy atom. The van der Waals surface area contributed by atoms with Gasteiger partial charge in [0.2, 0.25) is 0 Å². The zero-order chi connectivity index (χ0) is 9.85. The number of rotatable bonds is 0. The van der Waals surface area contributed by atoms with E-state index in [0.717, 1.165) is 12.8 Å². The minimum atomic E-state index is -2.84. The first-order valence-corrected chi connectivity index (χ1v) is 6.56. The number of hydrogen-bond acceptors (Lipinski definition) is 3. The van der Waals surface area contributed by atoms with Crippen LogP contribution in [-0.2, 0) is 9.84 Å². The summed E-state index contributed by atoms with van der Waals surface area (Å²) in [6.07, 6.45) is 1.79. The van der Waals surface area contributed by atoms with Crippen molar-refractivity contribution in [3.63, 3.8) is 0 Å². The first-order chi connectivity index (χ1) is 5.87. The maximum absolute atomic E-state index is 11.7. The molecule has 0 spiro atoms. The third-order valence-corrected chi connectivity index (χ3v) is 6.38. The third-order valence-electron chi connectivity index (χ3n) is 3.80. The van der Waals surface area contributed by atoms with Crippen molar-refractivity contribution in [3.8, 4) is 0 Å². The highest BCUT2D eigenvalue weighted by molar-refractivity contribution is 7.92. The monoisotopic (exact) mass is 203 g/mol. The van der Waals surface area contributed by atoms with Gasteiger partial charge in [0, 0.05) is 6.04 Å². The lowest BCUT2D eigenvalue weighted by Gasteiger charge is -2.58. The van der Waals surface area contributed by atoms with E-state index in [-0.39, 0.29) is 22.6 Å². The summed E-state index contributed by atoms with van der Waals surface area (Å²) in [5.74, 6) is 0.596. The largest absolute Gasteiger partial charge is 0.327 e. The number of fused-ring (bicyclic) bond motifs is 1. The number of nitrogens with two attached hydrogens (primary N) is 1. The third kappa shape index (κ3) is 1.08. The van der Waals surface area contributed by atoms with E-state index in [4.69, 9.17) is 5.73 Å². The molecular weight excluding hydrogens is 186 g/mol. The fourth-order valence-electron chi connectivity index (χ4n) is 3.07. The normalized spacial score (nSPS) is 46.2. The van der Waals surface area contributed by atoms with E-state index >= 15 is 0 Å². The molecule has 1 aliphatic carbocycles. The SMILES string of the molecule is CC1(C)[C@H](N)[C@H]2CCCS(=O)(=O)[C@H]21. The first kappa shape index (κ1) is 9.46. The van der Waals surface area contributed by atoms with E-state index in [9.17, 15) is 8.42 Å². The summed E-state index contributed by atoms with van der Waals surface area (Å²) in [4.78, 5) is 0. The first-order valence-electron chi connectivity index (χ1n) is 4.84. The van der Waals surface area contributed by atoms with Crippen LogP contribution in [0.15, 0.2) is 0 Å². The van der Waals surface area contributed by atoms with Crippen LogP contribution in [0.2, 0.25) is 0 Å². The van der Waals surface area contributed by atoms with Crippen LogP contribution >= 0.6 is 0 Å². The molecule has 0 aromatic heterocycles. The van der Waals surface area contributed by atoms with Gasteiger partial charge in [-0.2, -0.15) is 0 Å². The fraction of sp³-hybridized carbons (Fsp3) is 1.00. The predicted octanol–water partition coefficient (Wildman–Crippen LogP) is 0.547. The van der Waals surface area contributed by atoms with Gasteiger partial charge in [-0.1, -0.05) is 13.8 Å². The lowest BCUT2D eigenvalue weighted by atomic mass is 9.58. The van der Waals surface area contributed by atoms with Crippen molar-refractivity contribution in [3.05, 3.63) is 0 Å². The molecule has 0 amide bonds. The second kappa shape index (κ2) is 2.48. The number of sulfone groups is 1. The van der Waals surface area contributed by atoms with E-state index < -0.39 is 9.84 Å². The van der Waals surface area contributed by atoms with Crippen LogP contribution in [0.25, 0.3) is 0 Å². The summed E-state index contributed by atoms with van der Waals surface area (Å²) in [5, 5.41) is -0.163. The van der Waals surface area contributed by atoms with E-state index in [0.29, 0.717) is 5.75 Å². The molecule has 2 rings (SSSR count).